The summed E-state index contributed by atoms with van der Waals surface area (Å²) in [5.74, 6) is 7.58. The van der Waals surface area contributed by atoms with E-state index in [9.17, 15) is 4.79 Å². The number of amides is 1. The van der Waals surface area contributed by atoms with Crippen LogP contribution in [0.3, 0.4) is 0 Å². The molecule has 1 aliphatic rings. The quantitative estimate of drug-likeness (QED) is 0.547. The summed E-state index contributed by atoms with van der Waals surface area (Å²) >= 11 is 6.20. The molecule has 0 aliphatic heterocycles. The maximum atomic E-state index is 12.5. The van der Waals surface area contributed by atoms with Crippen LogP contribution in [-0.4, -0.2) is 11.1 Å². The Morgan fingerprint density at radius 3 is 2.77 bits per heavy atom. The molecule has 0 atom stereocenters. The highest BCUT2D eigenvalue weighted by Crippen LogP contribution is 2.27. The van der Waals surface area contributed by atoms with Gasteiger partial charge in [-0.3, -0.25) is 4.79 Å². The predicted molar refractivity (Wildman–Crippen MR) is 118 cm³/mol. The molecule has 1 N–H and O–H groups in total. The van der Waals surface area contributed by atoms with Gasteiger partial charge in [0.25, 0.3) is 5.91 Å². The van der Waals surface area contributed by atoms with Gasteiger partial charge in [-0.15, -0.1) is 0 Å². The summed E-state index contributed by atoms with van der Waals surface area (Å²) in [4.78, 5) is 12.5. The lowest BCUT2D eigenvalue weighted by Gasteiger charge is -2.05. The van der Waals surface area contributed by atoms with E-state index in [-0.39, 0.29) is 12.5 Å². The number of nitrogens with zero attached hydrogens (tertiary/aromatic N) is 1. The van der Waals surface area contributed by atoms with Crippen LogP contribution in [0, 0.1) is 24.7 Å². The smallest absolute Gasteiger partial charge is 0.251 e. The molecule has 0 spiro atoms. The Labute approximate surface area is 181 Å². The molecule has 3 aromatic rings. The van der Waals surface area contributed by atoms with Crippen molar-refractivity contribution in [3.05, 3.63) is 76.0 Å². The molecule has 0 saturated heterocycles. The van der Waals surface area contributed by atoms with Gasteiger partial charge >= 0.3 is 0 Å². The van der Waals surface area contributed by atoms with Crippen LogP contribution in [0.15, 0.2) is 53.1 Å². The van der Waals surface area contributed by atoms with Crippen molar-refractivity contribution in [2.45, 2.75) is 39.2 Å². The van der Waals surface area contributed by atoms with Gasteiger partial charge in [0.05, 0.1) is 11.6 Å². The Morgan fingerprint density at radius 2 is 2.00 bits per heavy atom. The van der Waals surface area contributed by atoms with E-state index in [1.807, 2.05) is 43.3 Å². The van der Waals surface area contributed by atoms with Crippen LogP contribution in [0.2, 0.25) is 5.02 Å². The molecule has 4 nitrogen and oxygen atoms in total. The van der Waals surface area contributed by atoms with E-state index in [4.69, 9.17) is 16.1 Å². The fourth-order valence-corrected chi connectivity index (χ4v) is 3.89. The van der Waals surface area contributed by atoms with E-state index >= 15 is 0 Å². The number of aromatic nitrogens is 1. The minimum absolute atomic E-state index is 0.163. The van der Waals surface area contributed by atoms with Gasteiger partial charge in [0.2, 0.25) is 0 Å². The highest BCUT2D eigenvalue weighted by atomic mass is 35.5. The Hall–Kier alpha value is -3.03. The second-order valence-electron chi connectivity index (χ2n) is 7.62. The van der Waals surface area contributed by atoms with Gasteiger partial charge in [-0.25, -0.2) is 0 Å². The van der Waals surface area contributed by atoms with Gasteiger partial charge in [0.15, 0.2) is 5.76 Å². The van der Waals surface area contributed by atoms with Crippen molar-refractivity contribution in [2.24, 2.45) is 5.92 Å². The molecular formula is C25H23ClN2O2. The fraction of sp³-hybridized carbons (Fsp3) is 0.280. The van der Waals surface area contributed by atoms with Crippen LogP contribution >= 0.6 is 11.6 Å². The van der Waals surface area contributed by atoms with E-state index < -0.39 is 0 Å². The minimum Gasteiger partial charge on any atom is -0.359 e. The SMILES string of the molecule is Cc1cc(C(=O)NCc2cc(-c3ccccc3Cl)no2)ccc1C#CC1CCCC1. The molecular weight excluding hydrogens is 396 g/mol. The standard InChI is InChI=1S/C25H23ClN2O2/c1-17-14-20(13-12-19(17)11-10-18-6-2-3-7-18)25(29)27-16-21-15-24(28-30-21)22-8-4-5-9-23(22)26/h4-5,8-9,12-15,18H,2-3,6-7,16H2,1H3,(H,27,29). The number of benzene rings is 2. The van der Waals surface area contributed by atoms with Gasteiger partial charge in [0, 0.05) is 28.7 Å². The number of carbonyl (C=O) groups excluding carboxylic acids is 1. The third-order valence-corrected chi connectivity index (χ3v) is 5.72. The molecule has 5 heteroatoms. The van der Waals surface area contributed by atoms with Crippen LogP contribution in [0.4, 0.5) is 0 Å². The monoisotopic (exact) mass is 418 g/mol. The van der Waals surface area contributed by atoms with E-state index in [2.05, 4.69) is 22.3 Å². The van der Waals surface area contributed by atoms with Gasteiger partial charge < -0.3 is 9.84 Å². The molecule has 1 heterocycles. The van der Waals surface area contributed by atoms with Crippen molar-refractivity contribution >= 4 is 17.5 Å². The van der Waals surface area contributed by atoms with Crippen molar-refractivity contribution in [3.63, 3.8) is 0 Å². The second-order valence-corrected chi connectivity index (χ2v) is 8.03. The van der Waals surface area contributed by atoms with Crippen molar-refractivity contribution in [1.82, 2.24) is 10.5 Å². The number of hydrogen-bond donors (Lipinski definition) is 1. The van der Waals surface area contributed by atoms with Crippen molar-refractivity contribution < 1.29 is 9.32 Å². The Morgan fingerprint density at radius 1 is 1.20 bits per heavy atom. The first kappa shape index (κ1) is 20.3. The lowest BCUT2D eigenvalue weighted by atomic mass is 10.0. The molecule has 152 valence electrons. The zero-order chi connectivity index (χ0) is 20.9. The highest BCUT2D eigenvalue weighted by molar-refractivity contribution is 6.33. The summed E-state index contributed by atoms with van der Waals surface area (Å²) in [6.45, 7) is 2.24. The summed E-state index contributed by atoms with van der Waals surface area (Å²) in [5, 5.41) is 7.53. The zero-order valence-corrected chi connectivity index (χ0v) is 17.6. The number of nitrogens with one attached hydrogen (secondary N) is 1. The minimum atomic E-state index is -0.163. The van der Waals surface area contributed by atoms with Crippen molar-refractivity contribution in [2.75, 3.05) is 0 Å². The van der Waals surface area contributed by atoms with Crippen molar-refractivity contribution in [3.8, 4) is 23.1 Å². The molecule has 1 saturated carbocycles. The Balaban J connectivity index is 1.38. The summed E-state index contributed by atoms with van der Waals surface area (Å²) < 4.78 is 5.34. The van der Waals surface area contributed by atoms with Crippen LogP contribution < -0.4 is 5.32 Å². The molecule has 0 radical (unpaired) electrons. The average Bonchev–Trinajstić information content (AvgIpc) is 3.43. The van der Waals surface area contributed by atoms with E-state index in [0.29, 0.717) is 28.0 Å². The molecule has 1 aromatic heterocycles. The van der Waals surface area contributed by atoms with Gasteiger partial charge in [-0.05, 0) is 49.6 Å². The molecule has 0 unspecified atom stereocenters. The normalized spacial score (nSPS) is 13.7. The summed E-state index contributed by atoms with van der Waals surface area (Å²) in [6, 6.07) is 14.8. The van der Waals surface area contributed by atoms with Crippen LogP contribution in [0.5, 0.6) is 0 Å². The first-order valence-corrected chi connectivity index (χ1v) is 10.6. The molecule has 1 fully saturated rings. The fourth-order valence-electron chi connectivity index (χ4n) is 3.66. The lowest BCUT2D eigenvalue weighted by molar-refractivity contribution is 0.0947. The molecule has 30 heavy (non-hydrogen) atoms. The Kier molecular flexibility index (Phi) is 6.21. The topological polar surface area (TPSA) is 55.1 Å². The first-order valence-electron chi connectivity index (χ1n) is 10.2. The van der Waals surface area contributed by atoms with Gasteiger partial charge in [0.1, 0.15) is 5.69 Å². The number of rotatable bonds is 4. The number of halogens is 1. The Bertz CT molecular complexity index is 1120. The third-order valence-electron chi connectivity index (χ3n) is 5.39. The molecule has 0 bridgehead atoms. The summed E-state index contributed by atoms with van der Waals surface area (Å²) in [6.07, 6.45) is 4.96. The van der Waals surface area contributed by atoms with Gasteiger partial charge in [-0.1, -0.05) is 59.6 Å². The zero-order valence-electron chi connectivity index (χ0n) is 16.9. The van der Waals surface area contributed by atoms with Crippen LogP contribution in [0.25, 0.3) is 11.3 Å². The molecule has 2 aromatic carbocycles. The van der Waals surface area contributed by atoms with E-state index in [1.165, 1.54) is 25.7 Å². The van der Waals surface area contributed by atoms with Crippen molar-refractivity contribution in [1.29, 1.82) is 0 Å². The van der Waals surface area contributed by atoms with Crippen LogP contribution in [0.1, 0.15) is 52.9 Å². The lowest BCUT2D eigenvalue weighted by Crippen LogP contribution is -2.22. The summed E-state index contributed by atoms with van der Waals surface area (Å²) in [5.41, 5.74) is 4.04. The molecule has 1 aliphatic carbocycles. The van der Waals surface area contributed by atoms with E-state index in [1.54, 1.807) is 12.1 Å². The summed E-state index contributed by atoms with van der Waals surface area (Å²) in [7, 11) is 0. The first-order chi connectivity index (χ1) is 14.6. The number of aryl methyl sites for hydroxylation is 1. The maximum absolute atomic E-state index is 12.5. The second kappa shape index (κ2) is 9.19. The number of hydrogen-bond acceptors (Lipinski definition) is 3. The number of carbonyl (C=O) groups is 1. The van der Waals surface area contributed by atoms with Gasteiger partial charge in [-0.2, -0.15) is 0 Å². The largest absolute Gasteiger partial charge is 0.359 e. The van der Waals surface area contributed by atoms with Crippen LogP contribution in [-0.2, 0) is 6.54 Å². The average molecular weight is 419 g/mol. The third kappa shape index (κ3) is 4.75. The highest BCUT2D eigenvalue weighted by Gasteiger charge is 2.13. The predicted octanol–water partition coefficient (Wildman–Crippen LogP) is 5.78. The molecule has 4 rings (SSSR count). The maximum Gasteiger partial charge on any atom is 0.251 e. The van der Waals surface area contributed by atoms with E-state index in [0.717, 1.165) is 16.7 Å². The molecule has 1 amide bonds.